The van der Waals surface area contributed by atoms with Crippen molar-refractivity contribution >= 4 is 29.1 Å². The van der Waals surface area contributed by atoms with Gasteiger partial charge in [-0.2, -0.15) is 0 Å². The number of thioether (sulfide) groups is 1. The van der Waals surface area contributed by atoms with Crippen LogP contribution in [0.25, 0.3) is 0 Å². The second-order valence-electron chi connectivity index (χ2n) is 7.03. The summed E-state index contributed by atoms with van der Waals surface area (Å²) in [6.45, 7) is 6.03. The molecule has 0 fully saturated rings. The maximum atomic E-state index is 12.6. The summed E-state index contributed by atoms with van der Waals surface area (Å²) >= 11 is 1.33. The predicted molar refractivity (Wildman–Crippen MR) is 95.9 cm³/mol. The lowest BCUT2D eigenvalue weighted by molar-refractivity contribution is -0.116. The Labute approximate surface area is 150 Å². The van der Waals surface area contributed by atoms with Crippen LogP contribution in [0.1, 0.15) is 49.5 Å². The Hall–Kier alpha value is -2.22. The average molecular weight is 359 g/mol. The van der Waals surface area contributed by atoms with Gasteiger partial charge in [0.1, 0.15) is 0 Å². The molecule has 1 amide bonds. The van der Waals surface area contributed by atoms with E-state index in [0.29, 0.717) is 17.1 Å². The Bertz CT molecular complexity index is 810. The van der Waals surface area contributed by atoms with Gasteiger partial charge in [0.05, 0.1) is 11.3 Å². The van der Waals surface area contributed by atoms with Gasteiger partial charge in [0.25, 0.3) is 0 Å². The van der Waals surface area contributed by atoms with Gasteiger partial charge in [0.15, 0.2) is 5.78 Å². The van der Waals surface area contributed by atoms with E-state index in [1.807, 2.05) is 32.9 Å². The normalized spacial score (nSPS) is 14.6. The lowest BCUT2D eigenvalue weighted by Crippen LogP contribution is -2.24. The topological polar surface area (TPSA) is 89.8 Å². The van der Waals surface area contributed by atoms with Gasteiger partial charge in [0, 0.05) is 17.7 Å². The fourth-order valence-electron chi connectivity index (χ4n) is 2.65. The molecule has 25 heavy (non-hydrogen) atoms. The minimum Gasteiger partial charge on any atom is -0.326 e. The number of hydrogen-bond donors (Lipinski definition) is 1. The number of carbonyl (C=O) groups is 2. The standard InChI is InChI=1S/C17H21N5O2S/c1-17(2,3)22-16(19-20-21-22)25-10-14(23)12-7-8-13-11(9-12)5-4-6-15(24)18-13/h7-9H,4-6,10H2,1-3H3,(H,18,24). The molecule has 0 saturated carbocycles. The van der Waals surface area contributed by atoms with Crippen LogP contribution in [0.4, 0.5) is 5.69 Å². The minimum atomic E-state index is -0.239. The third kappa shape index (κ3) is 4.07. The highest BCUT2D eigenvalue weighted by Gasteiger charge is 2.21. The van der Waals surface area contributed by atoms with Crippen molar-refractivity contribution in [2.24, 2.45) is 0 Å². The molecule has 3 rings (SSSR count). The van der Waals surface area contributed by atoms with Gasteiger partial charge in [0.2, 0.25) is 11.1 Å². The highest BCUT2D eigenvalue weighted by Crippen LogP contribution is 2.25. The van der Waals surface area contributed by atoms with Crippen molar-refractivity contribution in [1.29, 1.82) is 0 Å². The van der Waals surface area contributed by atoms with Gasteiger partial charge < -0.3 is 5.32 Å². The van der Waals surface area contributed by atoms with Crippen LogP contribution in [0.2, 0.25) is 0 Å². The van der Waals surface area contributed by atoms with E-state index in [1.165, 1.54) is 11.8 Å². The Kier molecular flexibility index (Phi) is 4.89. The summed E-state index contributed by atoms with van der Waals surface area (Å²) in [5.74, 6) is 0.316. The fraction of sp³-hybridized carbons (Fsp3) is 0.471. The van der Waals surface area contributed by atoms with Crippen LogP contribution in [-0.4, -0.2) is 37.7 Å². The first-order chi connectivity index (χ1) is 11.8. The SMILES string of the molecule is CC(C)(C)n1nnnc1SCC(=O)c1ccc2c(c1)CCCC(=O)N2. The number of anilines is 1. The van der Waals surface area contributed by atoms with Crippen molar-refractivity contribution in [1.82, 2.24) is 20.2 Å². The monoisotopic (exact) mass is 359 g/mol. The molecular formula is C17H21N5O2S. The Balaban J connectivity index is 1.71. The zero-order valence-electron chi connectivity index (χ0n) is 14.6. The number of Topliss-reactive ketones (excluding diaryl/α,β-unsaturated/α-hetero) is 1. The van der Waals surface area contributed by atoms with E-state index < -0.39 is 0 Å². The molecule has 0 unspecified atom stereocenters. The molecule has 1 aliphatic heterocycles. The molecule has 2 aromatic rings. The van der Waals surface area contributed by atoms with Crippen molar-refractivity contribution in [3.63, 3.8) is 0 Å². The first-order valence-electron chi connectivity index (χ1n) is 8.22. The number of aromatic nitrogens is 4. The highest BCUT2D eigenvalue weighted by molar-refractivity contribution is 7.99. The average Bonchev–Trinajstić information content (AvgIpc) is 2.95. The summed E-state index contributed by atoms with van der Waals surface area (Å²) in [7, 11) is 0. The van der Waals surface area contributed by atoms with Gasteiger partial charge >= 0.3 is 0 Å². The molecule has 2 heterocycles. The molecule has 7 nitrogen and oxygen atoms in total. The first kappa shape index (κ1) is 17.6. The first-order valence-corrected chi connectivity index (χ1v) is 9.21. The van der Waals surface area contributed by atoms with E-state index in [4.69, 9.17) is 0 Å². The van der Waals surface area contributed by atoms with Crippen LogP contribution >= 0.6 is 11.8 Å². The summed E-state index contributed by atoms with van der Waals surface area (Å²) in [4.78, 5) is 24.2. The minimum absolute atomic E-state index is 0.0202. The number of tetrazole rings is 1. The zero-order chi connectivity index (χ0) is 18.0. The summed E-state index contributed by atoms with van der Waals surface area (Å²) < 4.78 is 1.72. The molecule has 1 aromatic heterocycles. The Morgan fingerprint density at radius 3 is 2.88 bits per heavy atom. The number of nitrogens with zero attached hydrogens (tertiary/aromatic N) is 4. The molecule has 1 aromatic carbocycles. The number of nitrogens with one attached hydrogen (secondary N) is 1. The largest absolute Gasteiger partial charge is 0.326 e. The van der Waals surface area contributed by atoms with Crippen LogP contribution in [0.3, 0.4) is 0 Å². The third-order valence-corrected chi connectivity index (χ3v) is 4.88. The van der Waals surface area contributed by atoms with Crippen LogP contribution in [-0.2, 0) is 16.8 Å². The molecule has 1 aliphatic rings. The van der Waals surface area contributed by atoms with Gasteiger partial charge in [-0.3, -0.25) is 9.59 Å². The lowest BCUT2D eigenvalue weighted by Gasteiger charge is -2.19. The van der Waals surface area contributed by atoms with E-state index in [2.05, 4.69) is 20.8 Å². The Morgan fingerprint density at radius 2 is 2.12 bits per heavy atom. The fourth-order valence-corrected chi connectivity index (χ4v) is 3.61. The van der Waals surface area contributed by atoms with Crippen LogP contribution in [0.15, 0.2) is 23.4 Å². The van der Waals surface area contributed by atoms with E-state index in [9.17, 15) is 9.59 Å². The molecule has 1 N–H and O–H groups in total. The predicted octanol–water partition coefficient (Wildman–Crippen LogP) is 2.68. The van der Waals surface area contributed by atoms with Crippen molar-refractivity contribution in [3.8, 4) is 0 Å². The summed E-state index contributed by atoms with van der Waals surface area (Å²) in [6, 6.07) is 5.46. The Morgan fingerprint density at radius 1 is 1.32 bits per heavy atom. The number of fused-ring (bicyclic) bond motifs is 1. The maximum Gasteiger partial charge on any atom is 0.224 e. The molecule has 132 valence electrons. The molecule has 0 atom stereocenters. The quantitative estimate of drug-likeness (QED) is 0.667. The van der Waals surface area contributed by atoms with E-state index in [-0.39, 0.29) is 23.0 Å². The maximum absolute atomic E-state index is 12.6. The van der Waals surface area contributed by atoms with Crippen LogP contribution in [0.5, 0.6) is 0 Å². The molecule has 0 spiro atoms. The number of rotatable bonds is 4. The van der Waals surface area contributed by atoms with E-state index in [0.717, 1.165) is 24.1 Å². The van der Waals surface area contributed by atoms with Crippen LogP contribution < -0.4 is 5.32 Å². The van der Waals surface area contributed by atoms with Gasteiger partial charge in [-0.15, -0.1) is 5.10 Å². The van der Waals surface area contributed by atoms with Gasteiger partial charge in [-0.05, 0) is 67.8 Å². The number of aryl methyl sites for hydroxylation is 1. The second kappa shape index (κ2) is 6.95. The lowest BCUT2D eigenvalue weighted by atomic mass is 10.0. The number of benzene rings is 1. The van der Waals surface area contributed by atoms with Crippen molar-refractivity contribution in [2.75, 3.05) is 11.1 Å². The molecule has 8 heteroatoms. The number of carbonyl (C=O) groups excluding carboxylic acids is 2. The number of amides is 1. The van der Waals surface area contributed by atoms with Crippen molar-refractivity contribution in [3.05, 3.63) is 29.3 Å². The molecular weight excluding hydrogens is 338 g/mol. The van der Waals surface area contributed by atoms with Gasteiger partial charge in [-0.1, -0.05) is 11.8 Å². The molecule has 0 aliphatic carbocycles. The van der Waals surface area contributed by atoms with Crippen molar-refractivity contribution in [2.45, 2.75) is 50.7 Å². The number of hydrogen-bond acceptors (Lipinski definition) is 6. The third-order valence-electron chi connectivity index (χ3n) is 3.96. The highest BCUT2D eigenvalue weighted by atomic mass is 32.2. The zero-order valence-corrected chi connectivity index (χ0v) is 15.4. The molecule has 0 bridgehead atoms. The molecule has 0 saturated heterocycles. The van der Waals surface area contributed by atoms with Crippen molar-refractivity contribution < 1.29 is 9.59 Å². The number of ketones is 1. The summed E-state index contributed by atoms with van der Waals surface area (Å²) in [5, 5.41) is 15.2. The summed E-state index contributed by atoms with van der Waals surface area (Å²) in [6.07, 6.45) is 2.11. The second-order valence-corrected chi connectivity index (χ2v) is 7.97. The van der Waals surface area contributed by atoms with E-state index >= 15 is 0 Å². The van der Waals surface area contributed by atoms with E-state index in [1.54, 1.807) is 10.7 Å². The molecule has 0 radical (unpaired) electrons. The summed E-state index contributed by atoms with van der Waals surface area (Å²) in [5.41, 5.74) is 2.23. The smallest absolute Gasteiger partial charge is 0.224 e. The van der Waals surface area contributed by atoms with Gasteiger partial charge in [-0.25, -0.2) is 4.68 Å². The van der Waals surface area contributed by atoms with Crippen LogP contribution in [0, 0.1) is 0 Å².